The lowest BCUT2D eigenvalue weighted by molar-refractivity contribution is 0.0697. The minimum Gasteiger partial charge on any atom is -0.478 e. The average Bonchev–Trinajstić information content (AvgIpc) is 2.38. The monoisotopic (exact) mass is 271 g/mol. The minimum atomic E-state index is -1.04. The molecular formula is C14H13N3O3. The summed E-state index contributed by atoms with van der Waals surface area (Å²) in [6, 6.07) is 7.33. The molecule has 1 heterocycles. The molecule has 0 spiro atoms. The summed E-state index contributed by atoms with van der Waals surface area (Å²) in [7, 11) is 0. The van der Waals surface area contributed by atoms with E-state index < -0.39 is 12.0 Å². The van der Waals surface area contributed by atoms with Crippen molar-refractivity contribution in [2.24, 2.45) is 0 Å². The van der Waals surface area contributed by atoms with Crippen LogP contribution in [-0.4, -0.2) is 22.1 Å². The highest BCUT2D eigenvalue weighted by Gasteiger charge is 2.06. The number of carboxylic acid groups (broad SMARTS) is 1. The number of pyridine rings is 1. The third-order valence-electron chi connectivity index (χ3n) is 2.50. The number of benzene rings is 1. The lowest BCUT2D eigenvalue weighted by atomic mass is 10.2. The van der Waals surface area contributed by atoms with Crippen LogP contribution >= 0.6 is 0 Å². The molecule has 2 amide bonds. The Morgan fingerprint density at radius 1 is 1.10 bits per heavy atom. The molecule has 0 unspecified atom stereocenters. The molecule has 0 atom stereocenters. The molecule has 102 valence electrons. The maximum absolute atomic E-state index is 11.8. The van der Waals surface area contributed by atoms with E-state index in [1.807, 2.05) is 6.92 Å². The average molecular weight is 271 g/mol. The van der Waals surface area contributed by atoms with Crippen LogP contribution in [0.25, 0.3) is 0 Å². The van der Waals surface area contributed by atoms with Gasteiger partial charge in [-0.3, -0.25) is 4.98 Å². The summed E-state index contributed by atoms with van der Waals surface area (Å²) in [5, 5.41) is 14.1. The molecule has 20 heavy (non-hydrogen) atoms. The SMILES string of the molecule is Cc1cncc(NC(=O)Nc2cccc(C(=O)O)c2)c1. The highest BCUT2D eigenvalue weighted by atomic mass is 16.4. The van der Waals surface area contributed by atoms with Crippen molar-refractivity contribution in [2.75, 3.05) is 10.6 Å². The summed E-state index contributed by atoms with van der Waals surface area (Å²) in [5.74, 6) is -1.04. The van der Waals surface area contributed by atoms with Crippen molar-refractivity contribution >= 4 is 23.4 Å². The van der Waals surface area contributed by atoms with E-state index in [2.05, 4.69) is 15.6 Å². The number of aromatic nitrogens is 1. The van der Waals surface area contributed by atoms with Gasteiger partial charge in [-0.2, -0.15) is 0 Å². The zero-order valence-electron chi connectivity index (χ0n) is 10.8. The maximum atomic E-state index is 11.8. The Hall–Kier alpha value is -2.89. The van der Waals surface area contributed by atoms with Crippen molar-refractivity contribution < 1.29 is 14.7 Å². The number of nitrogens with one attached hydrogen (secondary N) is 2. The van der Waals surface area contributed by atoms with Gasteiger partial charge in [0.25, 0.3) is 0 Å². The smallest absolute Gasteiger partial charge is 0.335 e. The zero-order chi connectivity index (χ0) is 14.5. The van der Waals surface area contributed by atoms with Gasteiger partial charge in [0.2, 0.25) is 0 Å². The Morgan fingerprint density at radius 3 is 2.55 bits per heavy atom. The summed E-state index contributed by atoms with van der Waals surface area (Å²) in [4.78, 5) is 26.6. The fourth-order valence-electron chi connectivity index (χ4n) is 1.65. The summed E-state index contributed by atoms with van der Waals surface area (Å²) in [5.41, 5.74) is 2.01. The van der Waals surface area contributed by atoms with Gasteiger partial charge >= 0.3 is 12.0 Å². The number of urea groups is 1. The van der Waals surface area contributed by atoms with Crippen molar-refractivity contribution in [1.29, 1.82) is 0 Å². The van der Waals surface area contributed by atoms with E-state index in [-0.39, 0.29) is 5.56 Å². The van der Waals surface area contributed by atoms with Crippen LogP contribution in [-0.2, 0) is 0 Å². The fraction of sp³-hybridized carbons (Fsp3) is 0.0714. The van der Waals surface area contributed by atoms with Crippen LogP contribution in [0, 0.1) is 6.92 Å². The Morgan fingerprint density at radius 2 is 1.85 bits per heavy atom. The summed E-state index contributed by atoms with van der Waals surface area (Å²) in [6.45, 7) is 1.87. The minimum absolute atomic E-state index is 0.111. The van der Waals surface area contributed by atoms with E-state index >= 15 is 0 Å². The van der Waals surface area contributed by atoms with Gasteiger partial charge in [-0.25, -0.2) is 9.59 Å². The maximum Gasteiger partial charge on any atom is 0.335 e. The first-order valence-corrected chi connectivity index (χ1v) is 5.87. The number of carboxylic acids is 1. The Balaban J connectivity index is 2.04. The van der Waals surface area contributed by atoms with Crippen molar-refractivity contribution in [2.45, 2.75) is 6.92 Å². The lowest BCUT2D eigenvalue weighted by Crippen LogP contribution is -2.19. The molecule has 0 aliphatic heterocycles. The molecule has 0 bridgehead atoms. The van der Waals surface area contributed by atoms with Crippen molar-refractivity contribution in [3.63, 3.8) is 0 Å². The summed E-state index contributed by atoms with van der Waals surface area (Å²) < 4.78 is 0. The van der Waals surface area contributed by atoms with Gasteiger partial charge in [-0.05, 0) is 36.8 Å². The molecule has 2 rings (SSSR count). The summed E-state index contributed by atoms with van der Waals surface area (Å²) >= 11 is 0. The van der Waals surface area contributed by atoms with Crippen LogP contribution in [0.15, 0.2) is 42.7 Å². The van der Waals surface area contributed by atoms with Crippen LogP contribution in [0.5, 0.6) is 0 Å². The quantitative estimate of drug-likeness (QED) is 0.800. The number of rotatable bonds is 3. The van der Waals surface area contributed by atoms with Crippen LogP contribution in [0.3, 0.4) is 0 Å². The summed E-state index contributed by atoms with van der Waals surface area (Å²) in [6.07, 6.45) is 3.21. The molecular weight excluding hydrogens is 258 g/mol. The first-order valence-electron chi connectivity index (χ1n) is 5.87. The highest BCUT2D eigenvalue weighted by molar-refractivity contribution is 6.00. The van der Waals surface area contributed by atoms with Crippen LogP contribution < -0.4 is 10.6 Å². The van der Waals surface area contributed by atoms with E-state index in [0.29, 0.717) is 11.4 Å². The third kappa shape index (κ3) is 3.55. The predicted octanol–water partition coefficient (Wildman–Crippen LogP) is 2.73. The first-order chi connectivity index (χ1) is 9.54. The second kappa shape index (κ2) is 5.83. The molecule has 0 radical (unpaired) electrons. The van der Waals surface area contributed by atoms with Crippen molar-refractivity contribution in [3.05, 3.63) is 53.9 Å². The van der Waals surface area contributed by atoms with E-state index in [9.17, 15) is 9.59 Å². The molecule has 0 aliphatic carbocycles. The first kappa shape index (κ1) is 13.5. The highest BCUT2D eigenvalue weighted by Crippen LogP contribution is 2.12. The molecule has 0 saturated heterocycles. The number of aromatic carboxylic acids is 1. The molecule has 6 heteroatoms. The van der Waals surface area contributed by atoms with Gasteiger partial charge in [-0.1, -0.05) is 6.07 Å². The number of nitrogens with zero attached hydrogens (tertiary/aromatic N) is 1. The molecule has 0 aliphatic rings. The molecule has 2 aromatic rings. The van der Waals surface area contributed by atoms with Gasteiger partial charge in [0.15, 0.2) is 0 Å². The normalized spacial score (nSPS) is 9.85. The third-order valence-corrected chi connectivity index (χ3v) is 2.50. The van der Waals surface area contributed by atoms with Gasteiger partial charge in [0, 0.05) is 11.9 Å². The predicted molar refractivity (Wildman–Crippen MR) is 75.0 cm³/mol. The molecule has 1 aromatic heterocycles. The van der Waals surface area contributed by atoms with E-state index in [4.69, 9.17) is 5.11 Å². The number of anilines is 2. The second-order valence-electron chi connectivity index (χ2n) is 4.22. The fourth-order valence-corrected chi connectivity index (χ4v) is 1.65. The van der Waals surface area contributed by atoms with E-state index in [1.54, 1.807) is 24.4 Å². The topological polar surface area (TPSA) is 91.3 Å². The Labute approximate surface area is 115 Å². The van der Waals surface area contributed by atoms with E-state index in [1.165, 1.54) is 18.3 Å². The standard InChI is InChI=1S/C14H13N3O3/c1-9-5-12(8-15-7-9)17-14(20)16-11-4-2-3-10(6-11)13(18)19/h2-8H,1H3,(H,18,19)(H2,16,17,20). The molecule has 3 N–H and O–H groups in total. The molecule has 6 nitrogen and oxygen atoms in total. The number of hydrogen-bond donors (Lipinski definition) is 3. The van der Waals surface area contributed by atoms with E-state index in [0.717, 1.165) is 5.56 Å². The number of aryl methyl sites for hydroxylation is 1. The Kier molecular flexibility index (Phi) is 3.95. The number of carbonyl (C=O) groups is 2. The van der Waals surface area contributed by atoms with Gasteiger partial charge in [0.05, 0.1) is 17.4 Å². The van der Waals surface area contributed by atoms with Crippen LogP contribution in [0.1, 0.15) is 15.9 Å². The lowest BCUT2D eigenvalue weighted by Gasteiger charge is -2.08. The van der Waals surface area contributed by atoms with Crippen molar-refractivity contribution in [1.82, 2.24) is 4.98 Å². The Bertz CT molecular complexity index is 656. The zero-order valence-corrected chi connectivity index (χ0v) is 10.8. The number of amides is 2. The van der Waals surface area contributed by atoms with Crippen LogP contribution in [0.2, 0.25) is 0 Å². The van der Waals surface area contributed by atoms with Gasteiger partial charge in [-0.15, -0.1) is 0 Å². The molecule has 1 aromatic carbocycles. The van der Waals surface area contributed by atoms with Gasteiger partial charge < -0.3 is 15.7 Å². The van der Waals surface area contributed by atoms with Crippen LogP contribution in [0.4, 0.5) is 16.2 Å². The molecule has 0 saturated carbocycles. The van der Waals surface area contributed by atoms with Crippen molar-refractivity contribution in [3.8, 4) is 0 Å². The number of hydrogen-bond acceptors (Lipinski definition) is 3. The molecule has 0 fully saturated rings. The van der Waals surface area contributed by atoms with Gasteiger partial charge in [0.1, 0.15) is 0 Å². The second-order valence-corrected chi connectivity index (χ2v) is 4.22. The number of carbonyl (C=O) groups excluding carboxylic acids is 1. The largest absolute Gasteiger partial charge is 0.478 e.